The molecule has 0 heterocycles. The van der Waals surface area contributed by atoms with Gasteiger partial charge in [0.2, 0.25) is 0 Å². The zero-order valence-corrected chi connectivity index (χ0v) is 13.9. The molecule has 10 nitrogen and oxygen atoms in total. The average Bonchev–Trinajstić information content (AvgIpc) is 2.33. The maximum absolute atomic E-state index is 11.3. The van der Waals surface area contributed by atoms with Crippen molar-refractivity contribution < 1.29 is 38.6 Å². The van der Waals surface area contributed by atoms with Crippen molar-refractivity contribution in [1.82, 2.24) is 4.90 Å². The van der Waals surface area contributed by atoms with Gasteiger partial charge in [0.25, 0.3) is 0 Å². The number of hydrogen-bond donors (Lipinski definition) is 6. The Morgan fingerprint density at radius 3 is 1.77 bits per heavy atom. The summed E-state index contributed by atoms with van der Waals surface area (Å²) < 4.78 is 21.9. The first-order valence-corrected chi connectivity index (χ1v) is 10.3. The molecule has 0 aromatic heterocycles. The summed E-state index contributed by atoms with van der Waals surface area (Å²) in [6.45, 7) is -0.134. The summed E-state index contributed by atoms with van der Waals surface area (Å²) in [6, 6.07) is -1.07. The van der Waals surface area contributed by atoms with Crippen LogP contribution in [-0.2, 0) is 13.9 Å². The Morgan fingerprint density at radius 2 is 1.45 bits per heavy atom. The van der Waals surface area contributed by atoms with Gasteiger partial charge in [-0.05, 0) is 19.4 Å². The quantitative estimate of drug-likeness (QED) is 0.190. The molecule has 0 rings (SSSR count). The molecule has 0 aliphatic rings. The Morgan fingerprint density at radius 1 is 1.00 bits per heavy atom. The van der Waals surface area contributed by atoms with Crippen molar-refractivity contribution in [1.29, 1.82) is 0 Å². The van der Waals surface area contributed by atoms with Gasteiger partial charge in [-0.3, -0.25) is 18.8 Å². The van der Waals surface area contributed by atoms with Crippen molar-refractivity contribution >= 4 is 21.2 Å². The maximum Gasteiger partial charge on any atom is 0.326 e. The molecule has 0 amide bonds. The Labute approximate surface area is 128 Å². The lowest BCUT2D eigenvalue weighted by Crippen LogP contribution is -2.44. The van der Waals surface area contributed by atoms with Crippen LogP contribution in [0, 0.1) is 0 Å². The Hall–Kier alpha value is -0.310. The van der Waals surface area contributed by atoms with E-state index in [1.54, 1.807) is 0 Å². The van der Waals surface area contributed by atoms with E-state index in [0.717, 1.165) is 0 Å². The van der Waals surface area contributed by atoms with Crippen molar-refractivity contribution in [3.63, 3.8) is 0 Å². The predicted molar refractivity (Wildman–Crippen MR) is 79.7 cm³/mol. The van der Waals surface area contributed by atoms with Gasteiger partial charge in [0.05, 0.1) is 12.3 Å². The smallest absolute Gasteiger partial charge is 0.326 e. The topological polar surface area (TPSA) is 182 Å². The van der Waals surface area contributed by atoms with Crippen molar-refractivity contribution in [3.8, 4) is 0 Å². The molecule has 0 aromatic rings. The fourth-order valence-corrected chi connectivity index (χ4v) is 2.92. The first-order chi connectivity index (χ1) is 9.96. The first-order valence-electron chi connectivity index (χ1n) is 6.72. The molecule has 0 aliphatic heterocycles. The van der Waals surface area contributed by atoms with Gasteiger partial charge in [-0.1, -0.05) is 6.42 Å². The van der Waals surface area contributed by atoms with Crippen molar-refractivity contribution in [2.45, 2.75) is 25.3 Å². The summed E-state index contributed by atoms with van der Waals surface area (Å²) in [7, 11) is -8.67. The van der Waals surface area contributed by atoms with Crippen LogP contribution < -0.4 is 5.73 Å². The van der Waals surface area contributed by atoms with Gasteiger partial charge in [-0.25, -0.2) is 0 Å². The fraction of sp³-hybridized carbons (Fsp3) is 0.900. The van der Waals surface area contributed by atoms with Gasteiger partial charge in [0, 0.05) is 13.1 Å². The van der Waals surface area contributed by atoms with E-state index in [1.165, 1.54) is 4.90 Å². The number of carbonyl (C=O) groups is 1. The molecule has 0 fully saturated rings. The van der Waals surface area contributed by atoms with Crippen LogP contribution in [0.1, 0.15) is 19.3 Å². The van der Waals surface area contributed by atoms with Crippen LogP contribution >= 0.6 is 15.2 Å². The summed E-state index contributed by atoms with van der Waals surface area (Å²) >= 11 is 0. The van der Waals surface area contributed by atoms with Crippen molar-refractivity contribution in [3.05, 3.63) is 0 Å². The first kappa shape index (κ1) is 21.7. The third-order valence-corrected chi connectivity index (χ3v) is 4.58. The molecule has 0 saturated carbocycles. The summed E-state index contributed by atoms with van der Waals surface area (Å²) in [4.78, 5) is 48.1. The van der Waals surface area contributed by atoms with E-state index >= 15 is 0 Å². The van der Waals surface area contributed by atoms with Crippen molar-refractivity contribution in [2.24, 2.45) is 5.73 Å². The van der Waals surface area contributed by atoms with E-state index in [1.807, 2.05) is 0 Å². The van der Waals surface area contributed by atoms with Crippen LogP contribution in [0.25, 0.3) is 0 Å². The van der Waals surface area contributed by atoms with Crippen LogP contribution in [0.3, 0.4) is 0 Å². The Kier molecular flexibility index (Phi) is 9.61. The van der Waals surface area contributed by atoms with E-state index in [-0.39, 0.29) is 19.5 Å². The second-order valence-electron chi connectivity index (χ2n) is 4.95. The highest BCUT2D eigenvalue weighted by Crippen LogP contribution is 2.36. The second kappa shape index (κ2) is 9.75. The maximum atomic E-state index is 11.3. The monoisotopic (exact) mass is 362 g/mol. The molecule has 0 saturated heterocycles. The number of nitrogens with two attached hydrogens (primary N) is 1. The van der Waals surface area contributed by atoms with Gasteiger partial charge < -0.3 is 30.4 Å². The van der Waals surface area contributed by atoms with Crippen LogP contribution in [-0.4, -0.2) is 73.5 Å². The highest BCUT2D eigenvalue weighted by Gasteiger charge is 2.28. The highest BCUT2D eigenvalue weighted by atomic mass is 31.2. The van der Waals surface area contributed by atoms with E-state index in [4.69, 9.17) is 25.3 Å². The SMILES string of the molecule is NCCCCC(C(=O)O)N(CCP(=O)(O)O)CCP(=O)(O)O. The zero-order chi connectivity index (χ0) is 17.4. The normalized spacial score (nSPS) is 14.3. The number of hydrogen-bond acceptors (Lipinski definition) is 5. The van der Waals surface area contributed by atoms with Crippen molar-refractivity contribution in [2.75, 3.05) is 32.0 Å². The van der Waals surface area contributed by atoms with Crippen LogP contribution in [0.4, 0.5) is 0 Å². The molecule has 12 heteroatoms. The molecule has 0 aromatic carbocycles. The number of carboxylic acids is 1. The number of unbranched alkanes of at least 4 members (excludes halogenated alkanes) is 1. The molecule has 22 heavy (non-hydrogen) atoms. The number of aliphatic carboxylic acids is 1. The van der Waals surface area contributed by atoms with Crippen LogP contribution in [0.15, 0.2) is 0 Å². The molecule has 1 atom stereocenters. The van der Waals surface area contributed by atoms with E-state index in [2.05, 4.69) is 0 Å². The molecule has 0 spiro atoms. The zero-order valence-electron chi connectivity index (χ0n) is 12.1. The average molecular weight is 362 g/mol. The van der Waals surface area contributed by atoms with E-state index in [9.17, 15) is 19.0 Å². The Bertz CT molecular complexity index is 409. The Balaban J connectivity index is 4.91. The van der Waals surface area contributed by atoms with Gasteiger partial charge in [-0.15, -0.1) is 0 Å². The van der Waals surface area contributed by atoms with Gasteiger partial charge in [-0.2, -0.15) is 0 Å². The predicted octanol–water partition coefficient (Wildman–Crippen LogP) is -0.774. The minimum atomic E-state index is -4.33. The van der Waals surface area contributed by atoms with Crippen LogP contribution in [0.2, 0.25) is 0 Å². The summed E-state index contributed by atoms with van der Waals surface area (Å²) in [6.07, 6.45) is 0.128. The molecule has 1 unspecified atom stereocenters. The largest absolute Gasteiger partial charge is 0.480 e. The van der Waals surface area contributed by atoms with E-state index in [0.29, 0.717) is 19.4 Å². The number of rotatable bonds is 12. The summed E-state index contributed by atoms with van der Waals surface area (Å²) in [5.74, 6) is -1.20. The van der Waals surface area contributed by atoms with Gasteiger partial charge >= 0.3 is 21.2 Å². The molecule has 7 N–H and O–H groups in total. The van der Waals surface area contributed by atoms with Gasteiger partial charge in [0.1, 0.15) is 6.04 Å². The number of nitrogens with zero attached hydrogens (tertiary/aromatic N) is 1. The van der Waals surface area contributed by atoms with E-state index < -0.39 is 39.5 Å². The lowest BCUT2D eigenvalue weighted by Gasteiger charge is -2.29. The molecular formula is C10H24N2O8P2. The number of carboxylic acid groups (broad SMARTS) is 1. The highest BCUT2D eigenvalue weighted by molar-refractivity contribution is 7.52. The molecule has 0 radical (unpaired) electrons. The second-order valence-corrected chi connectivity index (χ2v) is 8.50. The lowest BCUT2D eigenvalue weighted by molar-refractivity contribution is -0.143. The van der Waals surface area contributed by atoms with Crippen LogP contribution in [0.5, 0.6) is 0 Å². The lowest BCUT2D eigenvalue weighted by atomic mass is 10.1. The summed E-state index contributed by atoms with van der Waals surface area (Å²) in [5.41, 5.74) is 5.33. The minimum Gasteiger partial charge on any atom is -0.480 e. The summed E-state index contributed by atoms with van der Waals surface area (Å²) in [5, 5.41) is 9.24. The molecular weight excluding hydrogens is 338 g/mol. The molecule has 0 bridgehead atoms. The molecule has 132 valence electrons. The van der Waals surface area contributed by atoms with Gasteiger partial charge in [0.15, 0.2) is 0 Å². The molecule has 0 aliphatic carbocycles. The fourth-order valence-electron chi connectivity index (χ4n) is 1.89. The minimum absolute atomic E-state index is 0.189. The third-order valence-electron chi connectivity index (χ3n) is 3.01. The third kappa shape index (κ3) is 11.3. The standard InChI is InChI=1S/C10H24N2O8P2/c11-4-2-1-3-9(10(13)14)12(5-7-21(15,16)17)6-8-22(18,19)20/h9H,1-8,11H2,(H,13,14)(H2,15,16,17)(H2,18,19,20).